The molecule has 0 heterocycles. The molecule has 0 bridgehead atoms. The average Bonchev–Trinajstić information content (AvgIpc) is 2.24. The van der Waals surface area contributed by atoms with Gasteiger partial charge >= 0.3 is 0 Å². The van der Waals surface area contributed by atoms with Crippen LogP contribution < -0.4 is 11.1 Å². The number of aliphatic hydroxyl groups is 1. The summed E-state index contributed by atoms with van der Waals surface area (Å²) in [5.41, 5.74) is 5.94. The Kier molecular flexibility index (Phi) is 4.98. The molecule has 0 saturated carbocycles. The molecule has 15 heavy (non-hydrogen) atoms. The lowest BCUT2D eigenvalue weighted by Crippen LogP contribution is -2.31. The van der Waals surface area contributed by atoms with E-state index in [2.05, 4.69) is 5.32 Å². The van der Waals surface area contributed by atoms with Gasteiger partial charge in [0.25, 0.3) is 0 Å². The van der Waals surface area contributed by atoms with Gasteiger partial charge in [-0.05, 0) is 18.2 Å². The van der Waals surface area contributed by atoms with Crippen molar-refractivity contribution in [2.24, 2.45) is 5.73 Å². The first-order chi connectivity index (χ1) is 7.19. The van der Waals surface area contributed by atoms with E-state index in [4.69, 9.17) is 22.4 Å². The molecule has 0 spiro atoms. The molecule has 84 valence electrons. The lowest BCUT2D eigenvalue weighted by Gasteiger charge is -2.17. The average molecular weight is 233 g/mol. The van der Waals surface area contributed by atoms with Gasteiger partial charge in [-0.2, -0.15) is 0 Å². The lowest BCUT2D eigenvalue weighted by molar-refractivity contribution is 0.284. The zero-order valence-electron chi connectivity index (χ0n) is 8.21. The second-order valence-electron chi connectivity index (χ2n) is 3.13. The van der Waals surface area contributed by atoms with Gasteiger partial charge in [-0.15, -0.1) is 0 Å². The van der Waals surface area contributed by atoms with E-state index >= 15 is 0 Å². The molecule has 0 aliphatic rings. The molecule has 1 rings (SSSR count). The van der Waals surface area contributed by atoms with Crippen LogP contribution in [0.25, 0.3) is 0 Å². The summed E-state index contributed by atoms with van der Waals surface area (Å²) >= 11 is 5.77. The van der Waals surface area contributed by atoms with E-state index in [1.807, 2.05) is 0 Å². The highest BCUT2D eigenvalue weighted by atomic mass is 35.5. The van der Waals surface area contributed by atoms with Gasteiger partial charge < -0.3 is 16.2 Å². The Hall–Kier alpha value is -0.680. The second-order valence-corrected chi connectivity index (χ2v) is 3.57. The van der Waals surface area contributed by atoms with Crippen molar-refractivity contribution in [3.05, 3.63) is 34.6 Å². The number of nitrogens with two attached hydrogens (primary N) is 1. The zero-order valence-corrected chi connectivity index (χ0v) is 8.97. The zero-order chi connectivity index (χ0) is 11.3. The van der Waals surface area contributed by atoms with Crippen LogP contribution in [0.5, 0.6) is 0 Å². The summed E-state index contributed by atoms with van der Waals surface area (Å²) in [6.07, 6.45) is 0. The van der Waals surface area contributed by atoms with E-state index in [0.29, 0.717) is 17.1 Å². The monoisotopic (exact) mass is 232 g/mol. The normalized spacial score (nSPS) is 12.8. The van der Waals surface area contributed by atoms with Crippen molar-refractivity contribution in [2.75, 3.05) is 19.7 Å². The Morgan fingerprint density at radius 1 is 1.53 bits per heavy atom. The number of aliphatic hydroxyl groups excluding tert-OH is 1. The van der Waals surface area contributed by atoms with Crippen LogP contribution in [-0.4, -0.2) is 24.8 Å². The van der Waals surface area contributed by atoms with Crippen LogP contribution in [0.4, 0.5) is 4.39 Å². The summed E-state index contributed by atoms with van der Waals surface area (Å²) in [5.74, 6) is -0.347. The number of hydrogen-bond acceptors (Lipinski definition) is 3. The molecule has 5 heteroatoms. The van der Waals surface area contributed by atoms with Crippen LogP contribution in [0.2, 0.25) is 5.02 Å². The Morgan fingerprint density at radius 3 is 2.87 bits per heavy atom. The SMILES string of the molecule is NCC(NCCO)c1cc(Cl)ccc1F. The highest BCUT2D eigenvalue weighted by Crippen LogP contribution is 2.20. The molecule has 0 fully saturated rings. The summed E-state index contributed by atoms with van der Waals surface area (Å²) in [7, 11) is 0. The minimum absolute atomic E-state index is 0.0152. The summed E-state index contributed by atoms with van der Waals surface area (Å²) in [6.45, 7) is 0.601. The van der Waals surface area contributed by atoms with Gasteiger partial charge in [0.2, 0.25) is 0 Å². The third-order valence-electron chi connectivity index (χ3n) is 2.07. The molecule has 0 aliphatic carbocycles. The van der Waals surface area contributed by atoms with Crippen LogP contribution in [0.1, 0.15) is 11.6 Å². The fourth-order valence-corrected chi connectivity index (χ4v) is 1.52. The van der Waals surface area contributed by atoms with Crippen molar-refractivity contribution in [3.8, 4) is 0 Å². The maximum atomic E-state index is 13.4. The van der Waals surface area contributed by atoms with Crippen molar-refractivity contribution in [3.63, 3.8) is 0 Å². The van der Waals surface area contributed by atoms with Crippen LogP contribution in [0.15, 0.2) is 18.2 Å². The summed E-state index contributed by atoms with van der Waals surface area (Å²) < 4.78 is 13.4. The highest BCUT2D eigenvalue weighted by Gasteiger charge is 2.13. The minimum atomic E-state index is -0.347. The quantitative estimate of drug-likeness (QED) is 0.712. The van der Waals surface area contributed by atoms with Crippen LogP contribution in [0.3, 0.4) is 0 Å². The molecular formula is C10H14ClFN2O. The molecule has 0 aliphatic heterocycles. The standard InChI is InChI=1S/C10H14ClFN2O/c11-7-1-2-9(12)8(5-7)10(6-13)14-3-4-15/h1-2,5,10,14-15H,3-4,6,13H2. The molecular weight excluding hydrogens is 219 g/mol. The fraction of sp³-hybridized carbons (Fsp3) is 0.400. The van der Waals surface area contributed by atoms with Crippen molar-refractivity contribution < 1.29 is 9.50 Å². The van der Waals surface area contributed by atoms with Crippen LogP contribution in [-0.2, 0) is 0 Å². The van der Waals surface area contributed by atoms with Crippen LogP contribution in [0, 0.1) is 5.82 Å². The second kappa shape index (κ2) is 6.02. The molecule has 0 aromatic heterocycles. The summed E-state index contributed by atoms with van der Waals surface area (Å²) in [6, 6.07) is 4.01. The Labute approximate surface area is 93.0 Å². The maximum absolute atomic E-state index is 13.4. The Balaban J connectivity index is 2.85. The van der Waals surface area contributed by atoms with Gasteiger partial charge in [0.05, 0.1) is 6.61 Å². The summed E-state index contributed by atoms with van der Waals surface area (Å²) in [5, 5.41) is 12.1. The molecule has 0 radical (unpaired) electrons. The first-order valence-electron chi connectivity index (χ1n) is 4.68. The first-order valence-corrected chi connectivity index (χ1v) is 5.06. The predicted molar refractivity (Wildman–Crippen MR) is 58.3 cm³/mol. The lowest BCUT2D eigenvalue weighted by atomic mass is 10.1. The van der Waals surface area contributed by atoms with Gasteiger partial charge in [0.1, 0.15) is 5.82 Å². The minimum Gasteiger partial charge on any atom is -0.395 e. The van der Waals surface area contributed by atoms with Gasteiger partial charge in [-0.25, -0.2) is 4.39 Å². The van der Waals surface area contributed by atoms with E-state index < -0.39 is 0 Å². The van der Waals surface area contributed by atoms with Crippen LogP contribution >= 0.6 is 11.6 Å². The van der Waals surface area contributed by atoms with E-state index in [1.54, 1.807) is 6.07 Å². The molecule has 4 N–H and O–H groups in total. The molecule has 1 aromatic rings. The maximum Gasteiger partial charge on any atom is 0.128 e. The first kappa shape index (κ1) is 12.4. The van der Waals surface area contributed by atoms with Crippen molar-refractivity contribution in [1.29, 1.82) is 0 Å². The molecule has 1 aromatic carbocycles. The third-order valence-corrected chi connectivity index (χ3v) is 2.31. The topological polar surface area (TPSA) is 58.3 Å². The van der Waals surface area contributed by atoms with Gasteiger partial charge in [-0.3, -0.25) is 0 Å². The van der Waals surface area contributed by atoms with Gasteiger partial charge in [0, 0.05) is 29.7 Å². The number of rotatable bonds is 5. The van der Waals surface area contributed by atoms with E-state index in [0.717, 1.165) is 0 Å². The Morgan fingerprint density at radius 2 is 2.27 bits per heavy atom. The molecule has 0 saturated heterocycles. The summed E-state index contributed by atoms with van der Waals surface area (Å²) in [4.78, 5) is 0. The van der Waals surface area contributed by atoms with Crippen molar-refractivity contribution in [1.82, 2.24) is 5.32 Å². The number of halogens is 2. The Bertz CT molecular complexity index is 322. The van der Waals surface area contributed by atoms with Crippen molar-refractivity contribution >= 4 is 11.6 Å². The molecule has 0 amide bonds. The number of hydrogen-bond donors (Lipinski definition) is 3. The molecule has 3 nitrogen and oxygen atoms in total. The van der Waals surface area contributed by atoms with Crippen molar-refractivity contribution in [2.45, 2.75) is 6.04 Å². The molecule has 1 unspecified atom stereocenters. The van der Waals surface area contributed by atoms with Gasteiger partial charge in [-0.1, -0.05) is 11.6 Å². The number of nitrogens with one attached hydrogen (secondary N) is 1. The highest BCUT2D eigenvalue weighted by molar-refractivity contribution is 6.30. The van der Waals surface area contributed by atoms with E-state index in [9.17, 15) is 4.39 Å². The predicted octanol–water partition coefficient (Wildman–Crippen LogP) is 1.06. The van der Waals surface area contributed by atoms with E-state index in [1.165, 1.54) is 12.1 Å². The smallest absolute Gasteiger partial charge is 0.128 e. The third kappa shape index (κ3) is 3.43. The van der Waals surface area contributed by atoms with Gasteiger partial charge in [0.15, 0.2) is 0 Å². The molecule has 1 atom stereocenters. The fourth-order valence-electron chi connectivity index (χ4n) is 1.34. The number of benzene rings is 1. The largest absolute Gasteiger partial charge is 0.395 e. The van der Waals surface area contributed by atoms with E-state index in [-0.39, 0.29) is 25.0 Å².